The lowest BCUT2D eigenvalue weighted by Crippen LogP contribution is -2.37. The van der Waals surface area contributed by atoms with Gasteiger partial charge in [0.15, 0.2) is 11.5 Å². The van der Waals surface area contributed by atoms with Crippen LogP contribution in [0.5, 0.6) is 0 Å². The van der Waals surface area contributed by atoms with Gasteiger partial charge in [-0.25, -0.2) is 0 Å². The highest BCUT2D eigenvalue weighted by Crippen LogP contribution is 2.24. The summed E-state index contributed by atoms with van der Waals surface area (Å²) in [6.07, 6.45) is 5.23. The van der Waals surface area contributed by atoms with Crippen LogP contribution < -0.4 is 0 Å². The van der Waals surface area contributed by atoms with Gasteiger partial charge in [0.1, 0.15) is 0 Å². The Balaban J connectivity index is 1.45. The number of furan rings is 1. The van der Waals surface area contributed by atoms with Crippen LogP contribution in [0.4, 0.5) is 0 Å². The summed E-state index contributed by atoms with van der Waals surface area (Å²) in [5.74, 6) is 0.205. The van der Waals surface area contributed by atoms with Crippen LogP contribution in [-0.2, 0) is 12.8 Å². The number of aromatic amines is 1. The van der Waals surface area contributed by atoms with E-state index in [1.807, 2.05) is 4.90 Å². The van der Waals surface area contributed by atoms with Gasteiger partial charge < -0.3 is 14.2 Å². The number of hydrogen-bond acceptors (Lipinski definition) is 4. The summed E-state index contributed by atoms with van der Waals surface area (Å²) in [7, 11) is 0. The number of carbonyl (C=O) groups is 2. The molecular weight excluding hydrogens is 308 g/mol. The van der Waals surface area contributed by atoms with E-state index in [0.717, 1.165) is 36.9 Å². The zero-order chi connectivity index (χ0) is 16.5. The standard InChI is InChI=1S/C17H20N4O3/c22-16(14-6-2-11-24-14)20-7-3-8-21(10-9-20)17(23)15-12-4-1-5-13(12)18-19-15/h2,6,11H,1,3-5,7-10H2,(H,18,19). The van der Waals surface area contributed by atoms with Crippen LogP contribution in [-0.4, -0.2) is 58.0 Å². The number of hydrogen-bond donors (Lipinski definition) is 1. The molecule has 2 aromatic rings. The highest BCUT2D eigenvalue weighted by Gasteiger charge is 2.29. The predicted molar refractivity (Wildman–Crippen MR) is 85.7 cm³/mol. The van der Waals surface area contributed by atoms with Crippen molar-refractivity contribution in [2.24, 2.45) is 0 Å². The normalized spacial score (nSPS) is 17.7. The zero-order valence-electron chi connectivity index (χ0n) is 13.5. The first-order valence-electron chi connectivity index (χ1n) is 8.42. The van der Waals surface area contributed by atoms with Crippen molar-refractivity contribution >= 4 is 11.8 Å². The summed E-state index contributed by atoms with van der Waals surface area (Å²) in [6.45, 7) is 2.30. The number of amides is 2. The second kappa shape index (κ2) is 6.14. The monoisotopic (exact) mass is 328 g/mol. The number of fused-ring (bicyclic) bond motifs is 1. The summed E-state index contributed by atoms with van der Waals surface area (Å²) in [4.78, 5) is 28.7. The molecule has 1 aliphatic carbocycles. The Morgan fingerprint density at radius 1 is 1.04 bits per heavy atom. The number of aromatic nitrogens is 2. The molecule has 1 N–H and O–H groups in total. The van der Waals surface area contributed by atoms with Gasteiger partial charge in [0.2, 0.25) is 0 Å². The molecule has 0 saturated carbocycles. The molecule has 7 heteroatoms. The first kappa shape index (κ1) is 15.0. The van der Waals surface area contributed by atoms with Crippen LogP contribution in [0.1, 0.15) is 45.1 Å². The lowest BCUT2D eigenvalue weighted by molar-refractivity contribution is 0.0697. The van der Waals surface area contributed by atoms with Crippen LogP contribution >= 0.6 is 0 Å². The Kier molecular flexibility index (Phi) is 3.84. The molecule has 24 heavy (non-hydrogen) atoms. The van der Waals surface area contributed by atoms with Gasteiger partial charge in [0.05, 0.1) is 6.26 Å². The molecule has 1 aliphatic heterocycles. The van der Waals surface area contributed by atoms with Gasteiger partial charge in [-0.3, -0.25) is 14.7 Å². The largest absolute Gasteiger partial charge is 0.459 e. The maximum Gasteiger partial charge on any atom is 0.289 e. The highest BCUT2D eigenvalue weighted by atomic mass is 16.3. The fourth-order valence-electron chi connectivity index (χ4n) is 3.53. The molecule has 1 fully saturated rings. The Hall–Kier alpha value is -2.57. The smallest absolute Gasteiger partial charge is 0.289 e. The molecule has 4 rings (SSSR count). The fourth-order valence-corrected chi connectivity index (χ4v) is 3.53. The van der Waals surface area contributed by atoms with Crippen LogP contribution in [0.3, 0.4) is 0 Å². The summed E-state index contributed by atoms with van der Waals surface area (Å²) >= 11 is 0. The summed E-state index contributed by atoms with van der Waals surface area (Å²) in [5, 5.41) is 7.22. The van der Waals surface area contributed by atoms with Gasteiger partial charge in [-0.05, 0) is 37.8 Å². The molecule has 0 spiro atoms. The molecule has 2 aromatic heterocycles. The highest BCUT2D eigenvalue weighted by molar-refractivity contribution is 5.94. The first-order chi connectivity index (χ1) is 11.7. The van der Waals surface area contributed by atoms with Crippen molar-refractivity contribution in [3.05, 3.63) is 41.1 Å². The third-order valence-corrected chi connectivity index (χ3v) is 4.81. The third-order valence-electron chi connectivity index (χ3n) is 4.81. The van der Waals surface area contributed by atoms with Crippen molar-refractivity contribution in [1.82, 2.24) is 20.0 Å². The molecular formula is C17H20N4O3. The summed E-state index contributed by atoms with van der Waals surface area (Å²) < 4.78 is 5.19. The van der Waals surface area contributed by atoms with Crippen molar-refractivity contribution in [3.63, 3.8) is 0 Å². The van der Waals surface area contributed by atoms with Gasteiger partial charge in [-0.2, -0.15) is 5.10 Å². The van der Waals surface area contributed by atoms with Crippen molar-refractivity contribution in [3.8, 4) is 0 Å². The average molecular weight is 328 g/mol. The van der Waals surface area contributed by atoms with Gasteiger partial charge in [-0.1, -0.05) is 0 Å². The number of H-pyrrole nitrogens is 1. The Labute approximate surface area is 139 Å². The molecule has 0 atom stereocenters. The van der Waals surface area contributed by atoms with Crippen LogP contribution in [0.25, 0.3) is 0 Å². The molecule has 7 nitrogen and oxygen atoms in total. The van der Waals surface area contributed by atoms with Crippen molar-refractivity contribution in [2.75, 3.05) is 26.2 Å². The summed E-state index contributed by atoms with van der Waals surface area (Å²) in [5.41, 5.74) is 2.74. The number of aryl methyl sites for hydroxylation is 1. The van der Waals surface area contributed by atoms with E-state index >= 15 is 0 Å². The van der Waals surface area contributed by atoms with E-state index in [0.29, 0.717) is 37.6 Å². The first-order valence-corrected chi connectivity index (χ1v) is 8.42. The topological polar surface area (TPSA) is 82.4 Å². The van der Waals surface area contributed by atoms with Gasteiger partial charge in [-0.15, -0.1) is 0 Å². The number of nitrogens with zero attached hydrogens (tertiary/aromatic N) is 3. The maximum absolute atomic E-state index is 12.8. The fraction of sp³-hybridized carbons (Fsp3) is 0.471. The Morgan fingerprint density at radius 3 is 2.58 bits per heavy atom. The molecule has 0 aromatic carbocycles. The zero-order valence-corrected chi connectivity index (χ0v) is 13.5. The van der Waals surface area contributed by atoms with Crippen LogP contribution in [0.2, 0.25) is 0 Å². The molecule has 3 heterocycles. The maximum atomic E-state index is 12.8. The van der Waals surface area contributed by atoms with Crippen molar-refractivity contribution < 1.29 is 14.0 Å². The minimum atomic E-state index is -0.116. The molecule has 1 saturated heterocycles. The van der Waals surface area contributed by atoms with Gasteiger partial charge in [0, 0.05) is 37.4 Å². The van der Waals surface area contributed by atoms with Crippen LogP contribution in [0, 0.1) is 0 Å². The Morgan fingerprint density at radius 2 is 1.83 bits per heavy atom. The number of nitrogens with one attached hydrogen (secondary N) is 1. The molecule has 2 amide bonds. The van der Waals surface area contributed by atoms with E-state index in [9.17, 15) is 9.59 Å². The molecule has 2 aliphatic rings. The van der Waals surface area contributed by atoms with E-state index in [2.05, 4.69) is 10.2 Å². The van der Waals surface area contributed by atoms with E-state index in [1.165, 1.54) is 6.26 Å². The van der Waals surface area contributed by atoms with E-state index in [1.54, 1.807) is 17.0 Å². The molecule has 0 radical (unpaired) electrons. The van der Waals surface area contributed by atoms with Gasteiger partial charge in [0.25, 0.3) is 11.8 Å². The summed E-state index contributed by atoms with van der Waals surface area (Å²) in [6, 6.07) is 3.38. The molecule has 126 valence electrons. The quantitative estimate of drug-likeness (QED) is 0.905. The molecule has 0 unspecified atom stereocenters. The second-order valence-electron chi connectivity index (χ2n) is 6.30. The van der Waals surface area contributed by atoms with Crippen molar-refractivity contribution in [1.29, 1.82) is 0 Å². The minimum absolute atomic E-state index is 0.0262. The van der Waals surface area contributed by atoms with Crippen molar-refractivity contribution in [2.45, 2.75) is 25.7 Å². The lowest BCUT2D eigenvalue weighted by Gasteiger charge is -2.21. The lowest BCUT2D eigenvalue weighted by atomic mass is 10.2. The second-order valence-corrected chi connectivity index (χ2v) is 6.30. The minimum Gasteiger partial charge on any atom is -0.459 e. The van der Waals surface area contributed by atoms with E-state index in [4.69, 9.17) is 4.42 Å². The van der Waals surface area contributed by atoms with E-state index in [-0.39, 0.29) is 11.8 Å². The number of carbonyl (C=O) groups excluding carboxylic acids is 2. The SMILES string of the molecule is O=C(c1ccco1)N1CCCN(C(=O)c2n[nH]c3c2CCC3)CC1. The van der Waals surface area contributed by atoms with Crippen LogP contribution in [0.15, 0.2) is 22.8 Å². The Bertz CT molecular complexity index is 750. The third kappa shape index (κ3) is 2.60. The van der Waals surface area contributed by atoms with Gasteiger partial charge >= 0.3 is 0 Å². The van der Waals surface area contributed by atoms with E-state index < -0.39 is 0 Å². The number of rotatable bonds is 2. The average Bonchev–Trinajstić information content (AvgIpc) is 3.28. The predicted octanol–water partition coefficient (Wildman–Crippen LogP) is 1.48. The molecule has 0 bridgehead atoms.